The molecule has 0 aromatic carbocycles. The van der Waals surface area contributed by atoms with Gasteiger partial charge in [-0.05, 0) is 61.3 Å². The largest absolute Gasteiger partial charge is 0.469 e. The molecule has 0 amide bonds. The summed E-state index contributed by atoms with van der Waals surface area (Å²) >= 11 is 0. The summed E-state index contributed by atoms with van der Waals surface area (Å²) in [5.74, 6) is -0.0713. The first-order chi connectivity index (χ1) is 14.6. The van der Waals surface area contributed by atoms with Crippen LogP contribution < -0.4 is 0 Å². The Morgan fingerprint density at radius 3 is 2.61 bits per heavy atom. The lowest BCUT2D eigenvalue weighted by atomic mass is 9.43. The number of ether oxygens (including phenoxy) is 2. The molecule has 0 bridgehead atoms. The van der Waals surface area contributed by atoms with Crippen molar-refractivity contribution >= 4 is 23.5 Å². The molecule has 5 rings (SSSR count). The van der Waals surface area contributed by atoms with Gasteiger partial charge < -0.3 is 9.47 Å². The maximum Gasteiger partial charge on any atom is 0.306 e. The zero-order valence-corrected chi connectivity index (χ0v) is 18.7. The van der Waals surface area contributed by atoms with Crippen molar-refractivity contribution in [1.82, 2.24) is 0 Å². The molecule has 31 heavy (non-hydrogen) atoms. The van der Waals surface area contributed by atoms with E-state index in [-0.39, 0.29) is 59.0 Å². The van der Waals surface area contributed by atoms with Gasteiger partial charge in [0, 0.05) is 37.0 Å². The minimum absolute atomic E-state index is 0.0384. The Kier molecular flexibility index (Phi) is 4.56. The zero-order valence-electron chi connectivity index (χ0n) is 18.7. The quantitative estimate of drug-likeness (QED) is 0.625. The predicted octanol–water partition coefficient (Wildman–Crippen LogP) is 3.56. The number of allylic oxidation sites excluding steroid dienone is 1. The zero-order chi connectivity index (χ0) is 22.2. The standard InChI is InChI=1S/C25H32O6/c1-23-7-4-16(26)12-15(23)10-14(11-20(29)30-3)21-17-5-8-25(9-6-19(28)31-25)24(17,2)13-18(27)22(21)23/h12,14,17,21-22H,4-11,13H2,1-3H3/t14-,17?,21?,22?,23-,24-,25+/m0/s1. The number of ketones is 2. The van der Waals surface area contributed by atoms with E-state index in [1.165, 1.54) is 7.11 Å². The van der Waals surface area contributed by atoms with Crippen LogP contribution in [0.15, 0.2) is 11.6 Å². The van der Waals surface area contributed by atoms with Crippen molar-refractivity contribution in [2.75, 3.05) is 7.11 Å². The smallest absolute Gasteiger partial charge is 0.306 e. The van der Waals surface area contributed by atoms with Crippen LogP contribution in [0.4, 0.5) is 0 Å². The van der Waals surface area contributed by atoms with Gasteiger partial charge in [-0.25, -0.2) is 0 Å². The summed E-state index contributed by atoms with van der Waals surface area (Å²) < 4.78 is 11.0. The van der Waals surface area contributed by atoms with Crippen LogP contribution in [-0.4, -0.2) is 36.2 Å². The predicted molar refractivity (Wildman–Crippen MR) is 111 cm³/mol. The van der Waals surface area contributed by atoms with E-state index in [1.54, 1.807) is 6.08 Å². The van der Waals surface area contributed by atoms with Crippen LogP contribution in [0, 0.1) is 34.5 Å². The Morgan fingerprint density at radius 1 is 1.16 bits per heavy atom. The van der Waals surface area contributed by atoms with Gasteiger partial charge in [-0.3, -0.25) is 19.2 Å². The highest BCUT2D eigenvalue weighted by Gasteiger charge is 2.70. The molecule has 1 heterocycles. The summed E-state index contributed by atoms with van der Waals surface area (Å²) in [7, 11) is 1.40. The molecule has 7 atom stereocenters. The number of Topliss-reactive ketones (excluding diaryl/α,β-unsaturated/α-hetero) is 1. The molecule has 0 aromatic heterocycles. The second kappa shape index (κ2) is 6.76. The van der Waals surface area contributed by atoms with E-state index in [4.69, 9.17) is 9.47 Å². The van der Waals surface area contributed by atoms with Gasteiger partial charge in [-0.2, -0.15) is 0 Å². The van der Waals surface area contributed by atoms with Gasteiger partial charge in [0.25, 0.3) is 0 Å². The molecule has 1 spiro atoms. The second-order valence-electron chi connectivity index (χ2n) is 11.0. The Labute approximate surface area is 183 Å². The number of fused-ring (bicyclic) bond motifs is 6. The fraction of sp³-hybridized carbons (Fsp3) is 0.760. The monoisotopic (exact) mass is 428 g/mol. The molecule has 1 aliphatic heterocycles. The lowest BCUT2D eigenvalue weighted by Crippen LogP contribution is -2.60. The van der Waals surface area contributed by atoms with Crippen molar-refractivity contribution in [3.63, 3.8) is 0 Å². The second-order valence-corrected chi connectivity index (χ2v) is 11.0. The number of esters is 2. The molecule has 0 N–H and O–H groups in total. The Bertz CT molecular complexity index is 904. The van der Waals surface area contributed by atoms with Gasteiger partial charge in [0.15, 0.2) is 5.78 Å². The van der Waals surface area contributed by atoms with Gasteiger partial charge in [-0.1, -0.05) is 19.4 Å². The summed E-state index contributed by atoms with van der Waals surface area (Å²) in [6.45, 7) is 4.29. The summed E-state index contributed by atoms with van der Waals surface area (Å²) in [6, 6.07) is 0. The highest BCUT2D eigenvalue weighted by molar-refractivity contribution is 5.93. The van der Waals surface area contributed by atoms with Crippen LogP contribution in [0.2, 0.25) is 0 Å². The molecule has 4 fully saturated rings. The number of carbonyl (C=O) groups excluding carboxylic acids is 4. The first-order valence-electron chi connectivity index (χ1n) is 11.7. The van der Waals surface area contributed by atoms with Gasteiger partial charge in [0.1, 0.15) is 11.4 Å². The molecule has 6 nitrogen and oxygen atoms in total. The lowest BCUT2D eigenvalue weighted by molar-refractivity contribution is -0.177. The fourth-order valence-electron chi connectivity index (χ4n) is 8.29. The van der Waals surface area contributed by atoms with Crippen molar-refractivity contribution in [2.24, 2.45) is 34.5 Å². The van der Waals surface area contributed by atoms with Crippen molar-refractivity contribution < 1.29 is 28.7 Å². The van der Waals surface area contributed by atoms with Gasteiger partial charge in [-0.15, -0.1) is 0 Å². The highest BCUT2D eigenvalue weighted by Crippen LogP contribution is 2.70. The number of hydrogen-bond donors (Lipinski definition) is 0. The molecular weight excluding hydrogens is 396 g/mol. The number of methoxy groups -OCH3 is 1. The van der Waals surface area contributed by atoms with E-state index in [1.807, 2.05) is 0 Å². The number of carbonyl (C=O) groups is 4. The van der Waals surface area contributed by atoms with E-state index >= 15 is 0 Å². The summed E-state index contributed by atoms with van der Waals surface area (Å²) in [4.78, 5) is 50.5. The molecule has 1 saturated heterocycles. The van der Waals surface area contributed by atoms with Crippen molar-refractivity contribution in [1.29, 1.82) is 0 Å². The Hall–Kier alpha value is -1.98. The van der Waals surface area contributed by atoms with Crippen molar-refractivity contribution in [2.45, 2.75) is 77.2 Å². The van der Waals surface area contributed by atoms with Crippen molar-refractivity contribution in [3.05, 3.63) is 11.6 Å². The van der Waals surface area contributed by atoms with E-state index in [0.717, 1.165) is 18.4 Å². The molecule has 3 saturated carbocycles. The van der Waals surface area contributed by atoms with E-state index < -0.39 is 11.0 Å². The van der Waals surface area contributed by atoms with Crippen LogP contribution in [0.25, 0.3) is 0 Å². The molecule has 6 heteroatoms. The van der Waals surface area contributed by atoms with Gasteiger partial charge >= 0.3 is 11.9 Å². The minimum Gasteiger partial charge on any atom is -0.469 e. The van der Waals surface area contributed by atoms with Gasteiger partial charge in [0.2, 0.25) is 0 Å². The van der Waals surface area contributed by atoms with Crippen LogP contribution in [-0.2, 0) is 28.7 Å². The average molecular weight is 429 g/mol. The summed E-state index contributed by atoms with van der Waals surface area (Å²) in [6.07, 6.45) is 7.04. The highest BCUT2D eigenvalue weighted by atomic mass is 16.6. The van der Waals surface area contributed by atoms with Gasteiger partial charge in [0.05, 0.1) is 7.11 Å². The Balaban J connectivity index is 1.60. The number of rotatable bonds is 2. The minimum atomic E-state index is -0.551. The summed E-state index contributed by atoms with van der Waals surface area (Å²) in [5, 5.41) is 0. The molecule has 5 aliphatic rings. The molecule has 4 aliphatic carbocycles. The van der Waals surface area contributed by atoms with Crippen molar-refractivity contribution in [3.8, 4) is 0 Å². The molecule has 0 radical (unpaired) electrons. The first-order valence-corrected chi connectivity index (χ1v) is 11.7. The third-order valence-corrected chi connectivity index (χ3v) is 9.83. The molecule has 168 valence electrons. The summed E-state index contributed by atoms with van der Waals surface area (Å²) in [5.41, 5.74) is -0.236. The maximum atomic E-state index is 13.9. The topological polar surface area (TPSA) is 86.7 Å². The van der Waals surface area contributed by atoms with E-state index in [9.17, 15) is 19.2 Å². The average Bonchev–Trinajstić information content (AvgIpc) is 3.23. The first kappa shape index (κ1) is 20.9. The van der Waals surface area contributed by atoms with E-state index in [2.05, 4.69) is 13.8 Å². The normalized spacial score (nSPS) is 46.2. The van der Waals surface area contributed by atoms with Crippen LogP contribution in [0.1, 0.15) is 71.6 Å². The van der Waals surface area contributed by atoms with Crippen LogP contribution >= 0.6 is 0 Å². The third-order valence-electron chi connectivity index (χ3n) is 9.83. The molecular formula is C25H32O6. The molecule has 0 aromatic rings. The van der Waals surface area contributed by atoms with Crippen LogP contribution in [0.5, 0.6) is 0 Å². The third kappa shape index (κ3) is 2.75. The number of hydrogen-bond acceptors (Lipinski definition) is 6. The fourth-order valence-corrected chi connectivity index (χ4v) is 8.29. The maximum absolute atomic E-state index is 13.9. The SMILES string of the molecule is COC(=O)C[C@@H]1CC2=CC(=O)CC[C@]2(C)C2C(=O)C[C@@]3(C)C(CC[C@@]34CCC(=O)O4)C21. The molecule has 3 unspecified atom stereocenters. The lowest BCUT2D eigenvalue weighted by Gasteiger charge is -2.60. The van der Waals surface area contributed by atoms with Crippen LogP contribution in [0.3, 0.4) is 0 Å². The Morgan fingerprint density at radius 2 is 1.94 bits per heavy atom. The van der Waals surface area contributed by atoms with E-state index in [0.29, 0.717) is 38.5 Å².